The molecule has 0 aliphatic rings. The van der Waals surface area contributed by atoms with Gasteiger partial charge in [0.05, 0.1) is 0 Å². The van der Waals surface area contributed by atoms with Gasteiger partial charge in [-0.2, -0.15) is 0 Å². The lowest BCUT2D eigenvalue weighted by Gasteiger charge is -2.21. The van der Waals surface area contributed by atoms with Gasteiger partial charge in [0.25, 0.3) is 0 Å². The number of hydrogen-bond donors (Lipinski definition) is 1. The zero-order valence-corrected chi connectivity index (χ0v) is 25.4. The lowest BCUT2D eigenvalue weighted by Crippen LogP contribution is -2.31. The summed E-state index contributed by atoms with van der Waals surface area (Å²) in [6.45, 7) is 11.2. The first kappa shape index (κ1) is 35.4. The minimum Gasteiger partial charge on any atom is -0.356 e. The Morgan fingerprint density at radius 2 is 0.778 bits per heavy atom. The number of carbonyl (C=O) groups is 1. The Morgan fingerprint density at radius 1 is 0.444 bits per heavy atom. The van der Waals surface area contributed by atoms with Crippen molar-refractivity contribution in [2.24, 2.45) is 0 Å². The van der Waals surface area contributed by atoms with Crippen molar-refractivity contribution >= 4 is 5.91 Å². The number of carbonyl (C=O) groups excluding carboxylic acids is 1. The molecule has 0 bridgehead atoms. The van der Waals surface area contributed by atoms with Gasteiger partial charge in [-0.1, -0.05) is 149 Å². The van der Waals surface area contributed by atoms with Gasteiger partial charge in [0.15, 0.2) is 0 Å². The topological polar surface area (TPSA) is 32.3 Å². The van der Waals surface area contributed by atoms with Gasteiger partial charge in [0.2, 0.25) is 5.91 Å². The molecule has 216 valence electrons. The van der Waals surface area contributed by atoms with Crippen LogP contribution in [0.15, 0.2) is 0 Å². The van der Waals surface area contributed by atoms with E-state index in [9.17, 15) is 4.79 Å². The van der Waals surface area contributed by atoms with Gasteiger partial charge in [-0.3, -0.25) is 4.79 Å². The van der Waals surface area contributed by atoms with E-state index in [4.69, 9.17) is 0 Å². The lowest BCUT2D eigenvalue weighted by molar-refractivity contribution is -0.121. The van der Waals surface area contributed by atoms with Crippen molar-refractivity contribution in [1.82, 2.24) is 10.2 Å². The van der Waals surface area contributed by atoms with Crippen LogP contribution >= 0.6 is 0 Å². The van der Waals surface area contributed by atoms with Gasteiger partial charge in [0.1, 0.15) is 0 Å². The molecule has 0 radical (unpaired) electrons. The Hall–Kier alpha value is -0.570. The molecule has 1 amide bonds. The van der Waals surface area contributed by atoms with Gasteiger partial charge in [0, 0.05) is 13.0 Å². The minimum atomic E-state index is 0.260. The molecular weight excluding hydrogens is 440 g/mol. The number of nitrogens with one attached hydrogen (secondary N) is 1. The summed E-state index contributed by atoms with van der Waals surface area (Å²) in [4.78, 5) is 14.7. The molecule has 0 atom stereocenters. The van der Waals surface area contributed by atoms with Crippen LogP contribution in [0.2, 0.25) is 0 Å². The fourth-order valence-electron chi connectivity index (χ4n) is 5.08. The van der Waals surface area contributed by atoms with E-state index in [2.05, 4.69) is 31.0 Å². The molecule has 0 fully saturated rings. The maximum Gasteiger partial charge on any atom is 0.219 e. The minimum absolute atomic E-state index is 0.260. The Balaban J connectivity index is 3.31. The van der Waals surface area contributed by atoms with Crippen LogP contribution in [-0.4, -0.2) is 37.0 Å². The van der Waals surface area contributed by atoms with Gasteiger partial charge < -0.3 is 10.2 Å². The maximum absolute atomic E-state index is 12.1. The maximum atomic E-state index is 12.1. The van der Waals surface area contributed by atoms with E-state index in [0.29, 0.717) is 6.42 Å². The number of nitrogens with zero attached hydrogens (tertiary/aromatic N) is 1. The molecule has 1 N–H and O–H groups in total. The Morgan fingerprint density at radius 3 is 1.17 bits per heavy atom. The summed E-state index contributed by atoms with van der Waals surface area (Å²) in [5, 5.41) is 3.14. The summed E-state index contributed by atoms with van der Waals surface area (Å²) in [6.07, 6.45) is 33.4. The standard InChI is InChI=1S/C33H68N2O/c1-4-7-10-11-12-13-14-15-16-17-18-19-20-21-22-23-24-25-26-28-33(36)34-29-27-32-35(30-8-5-2)31-9-6-3/h4-32H2,1-3H3,(H,34,36). The first-order chi connectivity index (χ1) is 17.7. The fourth-order valence-corrected chi connectivity index (χ4v) is 5.08. The third-order valence-corrected chi connectivity index (χ3v) is 7.64. The van der Waals surface area contributed by atoms with Crippen LogP contribution in [0.1, 0.15) is 181 Å². The molecule has 3 heteroatoms. The third-order valence-electron chi connectivity index (χ3n) is 7.64. The van der Waals surface area contributed by atoms with E-state index in [1.54, 1.807) is 0 Å². The number of hydrogen-bond acceptors (Lipinski definition) is 2. The normalized spacial score (nSPS) is 11.4. The van der Waals surface area contributed by atoms with Crippen molar-refractivity contribution in [3.8, 4) is 0 Å². The predicted octanol–water partition coefficient (Wildman–Crippen LogP) is 10.2. The van der Waals surface area contributed by atoms with Crippen molar-refractivity contribution < 1.29 is 4.79 Å². The molecule has 36 heavy (non-hydrogen) atoms. The van der Waals surface area contributed by atoms with E-state index in [-0.39, 0.29) is 5.91 Å². The summed E-state index contributed by atoms with van der Waals surface area (Å²) in [5.41, 5.74) is 0. The van der Waals surface area contributed by atoms with E-state index >= 15 is 0 Å². The van der Waals surface area contributed by atoms with Crippen LogP contribution < -0.4 is 5.32 Å². The molecule has 0 unspecified atom stereocenters. The summed E-state index contributed by atoms with van der Waals surface area (Å²) in [7, 11) is 0. The van der Waals surface area contributed by atoms with Crippen molar-refractivity contribution in [2.45, 2.75) is 181 Å². The monoisotopic (exact) mass is 509 g/mol. The van der Waals surface area contributed by atoms with Gasteiger partial charge in [-0.15, -0.1) is 0 Å². The average Bonchev–Trinajstić information content (AvgIpc) is 2.89. The second kappa shape index (κ2) is 30.7. The van der Waals surface area contributed by atoms with Gasteiger partial charge >= 0.3 is 0 Å². The van der Waals surface area contributed by atoms with Crippen LogP contribution in [0.3, 0.4) is 0 Å². The highest BCUT2D eigenvalue weighted by Gasteiger charge is 2.05. The molecule has 0 aromatic carbocycles. The van der Waals surface area contributed by atoms with Gasteiger partial charge in [-0.05, 0) is 45.3 Å². The van der Waals surface area contributed by atoms with Gasteiger partial charge in [-0.25, -0.2) is 0 Å². The molecule has 0 saturated heterocycles. The van der Waals surface area contributed by atoms with Crippen LogP contribution in [0, 0.1) is 0 Å². The van der Waals surface area contributed by atoms with E-state index in [1.165, 1.54) is 154 Å². The molecule has 0 rings (SSSR count). The Kier molecular flexibility index (Phi) is 30.2. The van der Waals surface area contributed by atoms with Crippen molar-refractivity contribution in [2.75, 3.05) is 26.2 Å². The number of amides is 1. The molecule has 0 aliphatic carbocycles. The summed E-state index contributed by atoms with van der Waals surface area (Å²) in [6, 6.07) is 0. The number of unbranched alkanes of at least 4 members (excludes halogenated alkanes) is 20. The van der Waals surface area contributed by atoms with Crippen molar-refractivity contribution in [1.29, 1.82) is 0 Å². The first-order valence-corrected chi connectivity index (χ1v) is 16.7. The third kappa shape index (κ3) is 28.0. The molecule has 0 aliphatic heterocycles. The van der Waals surface area contributed by atoms with Crippen molar-refractivity contribution in [3.63, 3.8) is 0 Å². The van der Waals surface area contributed by atoms with Crippen molar-refractivity contribution in [3.05, 3.63) is 0 Å². The van der Waals surface area contributed by atoms with E-state index in [1.807, 2.05) is 0 Å². The number of rotatable bonds is 30. The Labute approximate surface area is 228 Å². The Bertz CT molecular complexity index is 418. The lowest BCUT2D eigenvalue weighted by atomic mass is 10.0. The first-order valence-electron chi connectivity index (χ1n) is 16.7. The molecular formula is C33H68N2O. The fraction of sp³-hybridized carbons (Fsp3) is 0.970. The molecule has 0 heterocycles. The summed E-state index contributed by atoms with van der Waals surface area (Å²) < 4.78 is 0. The zero-order valence-electron chi connectivity index (χ0n) is 25.4. The zero-order chi connectivity index (χ0) is 26.4. The molecule has 0 aromatic heterocycles. The largest absolute Gasteiger partial charge is 0.356 e. The average molecular weight is 509 g/mol. The quantitative estimate of drug-likeness (QED) is 0.0978. The van der Waals surface area contributed by atoms with E-state index in [0.717, 1.165) is 25.9 Å². The van der Waals surface area contributed by atoms with E-state index < -0.39 is 0 Å². The predicted molar refractivity (Wildman–Crippen MR) is 162 cm³/mol. The second-order valence-electron chi connectivity index (χ2n) is 11.4. The summed E-state index contributed by atoms with van der Waals surface area (Å²) in [5.74, 6) is 0.260. The molecule has 3 nitrogen and oxygen atoms in total. The van der Waals surface area contributed by atoms with Crippen LogP contribution in [-0.2, 0) is 4.79 Å². The highest BCUT2D eigenvalue weighted by molar-refractivity contribution is 5.75. The molecule has 0 aromatic rings. The van der Waals surface area contributed by atoms with Crippen LogP contribution in [0.4, 0.5) is 0 Å². The van der Waals surface area contributed by atoms with Crippen LogP contribution in [0.5, 0.6) is 0 Å². The molecule has 0 saturated carbocycles. The SMILES string of the molecule is CCCCCCCCCCCCCCCCCCCCCC(=O)NCCCN(CCCC)CCCC. The highest BCUT2D eigenvalue weighted by Crippen LogP contribution is 2.14. The summed E-state index contributed by atoms with van der Waals surface area (Å²) >= 11 is 0. The smallest absolute Gasteiger partial charge is 0.219 e. The highest BCUT2D eigenvalue weighted by atomic mass is 16.1. The second-order valence-corrected chi connectivity index (χ2v) is 11.4. The van der Waals surface area contributed by atoms with Crippen LogP contribution in [0.25, 0.3) is 0 Å². The molecule has 0 spiro atoms.